The van der Waals surface area contributed by atoms with Gasteiger partial charge in [0.05, 0.1) is 10.7 Å². The average Bonchev–Trinajstić information content (AvgIpc) is 3.07. The van der Waals surface area contributed by atoms with Crippen LogP contribution in [0.15, 0.2) is 96.6 Å². The number of carbonyl (C=O) groups excluding carboxylic acids is 3. The highest BCUT2D eigenvalue weighted by molar-refractivity contribution is 6.39. The van der Waals surface area contributed by atoms with Gasteiger partial charge in [-0.1, -0.05) is 84.3 Å². The molecule has 0 bridgehead atoms. The molecule has 4 amide bonds. The summed E-state index contributed by atoms with van der Waals surface area (Å²) in [5.74, 6) is 1.45. The molecule has 4 aromatic carbocycles. The van der Waals surface area contributed by atoms with Crippen molar-refractivity contribution in [3.63, 3.8) is 0 Å². The molecule has 8 heteroatoms. The van der Waals surface area contributed by atoms with Gasteiger partial charge in [0.1, 0.15) is 17.9 Å². The number of anilines is 2. The number of rotatable bonds is 6. The van der Waals surface area contributed by atoms with E-state index in [-0.39, 0.29) is 29.0 Å². The zero-order valence-electron chi connectivity index (χ0n) is 24.9. The lowest BCUT2D eigenvalue weighted by atomic mass is 9.76. The number of hydrogen-bond donors (Lipinski definition) is 1. The SMILES string of the molecule is C#CCOc1ccc(/C=C2\C(=O)NC(=O)N(c3cc4c5c(c3)[C@@H](c3ccccc3)CCN5CC[C@@H]4c3ccccc3)C2=O)cc1Cl. The third-order valence-electron chi connectivity index (χ3n) is 8.94. The van der Waals surface area contributed by atoms with Crippen molar-refractivity contribution in [1.82, 2.24) is 5.32 Å². The molecule has 1 N–H and O–H groups in total. The lowest BCUT2D eigenvalue weighted by Crippen LogP contribution is -2.54. The summed E-state index contributed by atoms with van der Waals surface area (Å²) in [6.45, 7) is 1.88. The molecule has 2 atom stereocenters. The van der Waals surface area contributed by atoms with Crippen LogP contribution in [0.25, 0.3) is 6.08 Å². The Balaban J connectivity index is 1.34. The Morgan fingerprint density at radius 2 is 1.48 bits per heavy atom. The van der Waals surface area contributed by atoms with Gasteiger partial charge in [0, 0.05) is 30.6 Å². The quantitative estimate of drug-likeness (QED) is 0.143. The Morgan fingerprint density at radius 3 is 2.04 bits per heavy atom. The first-order chi connectivity index (χ1) is 22.4. The molecular weight excluding hydrogens is 598 g/mol. The van der Waals surface area contributed by atoms with Crippen LogP contribution >= 0.6 is 11.6 Å². The fourth-order valence-corrected chi connectivity index (χ4v) is 7.11. The van der Waals surface area contributed by atoms with Crippen LogP contribution in [0.3, 0.4) is 0 Å². The summed E-state index contributed by atoms with van der Waals surface area (Å²) < 4.78 is 5.43. The maximum Gasteiger partial charge on any atom is 0.335 e. The molecule has 0 radical (unpaired) electrons. The molecule has 7 nitrogen and oxygen atoms in total. The van der Waals surface area contributed by atoms with Crippen LogP contribution in [-0.2, 0) is 9.59 Å². The summed E-state index contributed by atoms with van der Waals surface area (Å²) in [6.07, 6.45) is 8.52. The zero-order valence-corrected chi connectivity index (χ0v) is 25.7. The molecule has 3 aliphatic heterocycles. The summed E-state index contributed by atoms with van der Waals surface area (Å²) in [5.41, 5.74) is 6.42. The van der Waals surface area contributed by atoms with E-state index in [4.69, 9.17) is 22.8 Å². The van der Waals surface area contributed by atoms with Gasteiger partial charge in [0.15, 0.2) is 0 Å². The van der Waals surface area contributed by atoms with E-state index in [1.807, 2.05) is 48.5 Å². The highest BCUT2D eigenvalue weighted by atomic mass is 35.5. The predicted octanol–water partition coefficient (Wildman–Crippen LogP) is 6.90. The van der Waals surface area contributed by atoms with E-state index in [1.165, 1.54) is 22.9 Å². The molecule has 0 aliphatic carbocycles. The fourth-order valence-electron chi connectivity index (χ4n) is 6.87. The average molecular weight is 628 g/mol. The maximum absolute atomic E-state index is 14.1. The van der Waals surface area contributed by atoms with Gasteiger partial charge in [0.2, 0.25) is 0 Å². The minimum absolute atomic E-state index is 0.0505. The molecule has 0 spiro atoms. The van der Waals surface area contributed by atoms with Crippen molar-refractivity contribution in [1.29, 1.82) is 0 Å². The summed E-state index contributed by atoms with van der Waals surface area (Å²) in [5, 5.41) is 2.65. The van der Waals surface area contributed by atoms with Gasteiger partial charge >= 0.3 is 6.03 Å². The van der Waals surface area contributed by atoms with Crippen LogP contribution in [0.2, 0.25) is 5.02 Å². The van der Waals surface area contributed by atoms with E-state index in [9.17, 15) is 14.4 Å². The number of nitrogens with one attached hydrogen (secondary N) is 1. The summed E-state index contributed by atoms with van der Waals surface area (Å²) >= 11 is 6.37. The van der Waals surface area contributed by atoms with E-state index in [0.717, 1.165) is 42.0 Å². The number of benzene rings is 4. The minimum Gasteiger partial charge on any atom is -0.479 e. The number of barbiturate groups is 1. The smallest absolute Gasteiger partial charge is 0.335 e. The van der Waals surface area contributed by atoms with Crippen molar-refractivity contribution in [2.45, 2.75) is 24.7 Å². The van der Waals surface area contributed by atoms with Crippen molar-refractivity contribution >= 4 is 46.9 Å². The molecule has 0 unspecified atom stereocenters. The first kappa shape index (κ1) is 29.4. The maximum atomic E-state index is 14.1. The van der Waals surface area contributed by atoms with Crippen molar-refractivity contribution in [2.24, 2.45) is 0 Å². The second kappa shape index (κ2) is 12.2. The first-order valence-corrected chi connectivity index (χ1v) is 15.6. The van der Waals surface area contributed by atoms with E-state index in [1.54, 1.807) is 18.2 Å². The third-order valence-corrected chi connectivity index (χ3v) is 9.23. The summed E-state index contributed by atoms with van der Waals surface area (Å²) in [4.78, 5) is 44.1. The number of terminal acetylenes is 1. The van der Waals surface area contributed by atoms with E-state index >= 15 is 0 Å². The number of hydrogen-bond acceptors (Lipinski definition) is 5. The van der Waals surface area contributed by atoms with Crippen molar-refractivity contribution in [3.05, 3.63) is 129 Å². The van der Waals surface area contributed by atoms with Crippen molar-refractivity contribution in [3.8, 4) is 18.1 Å². The van der Waals surface area contributed by atoms with Crippen LogP contribution in [-0.4, -0.2) is 37.5 Å². The Morgan fingerprint density at radius 1 is 0.870 bits per heavy atom. The van der Waals surface area contributed by atoms with Gasteiger partial charge in [-0.05, 0) is 71.0 Å². The van der Waals surface area contributed by atoms with Gasteiger partial charge in [-0.15, -0.1) is 6.42 Å². The molecule has 228 valence electrons. The molecule has 0 saturated carbocycles. The fraction of sp³-hybridized carbons (Fsp3) is 0.184. The van der Waals surface area contributed by atoms with Gasteiger partial charge in [-0.25, -0.2) is 9.69 Å². The lowest BCUT2D eigenvalue weighted by molar-refractivity contribution is -0.122. The van der Waals surface area contributed by atoms with Gasteiger partial charge in [-0.2, -0.15) is 0 Å². The summed E-state index contributed by atoms with van der Waals surface area (Å²) in [6, 6.07) is 28.6. The van der Waals surface area contributed by atoms with Gasteiger partial charge in [-0.3, -0.25) is 14.9 Å². The van der Waals surface area contributed by atoms with Gasteiger partial charge in [0.25, 0.3) is 11.8 Å². The standard InChI is InChI=1S/C38H30ClN3O4/c1-2-19-46-34-14-13-24(21-33(34)39)20-32-36(43)40-38(45)42(37(32)44)27-22-30-28(25-9-5-3-6-10-25)15-17-41-18-16-29(31(23-27)35(30)41)26-11-7-4-8-12-26/h1,3-14,20-23,28-29H,15-19H2,(H,40,43,45)/b32-20+/t28-,29-/m1/s1. The van der Waals surface area contributed by atoms with Crippen molar-refractivity contribution in [2.75, 3.05) is 29.5 Å². The number of amides is 4. The normalized spacial score (nSPS) is 19.8. The summed E-state index contributed by atoms with van der Waals surface area (Å²) in [7, 11) is 0. The number of imide groups is 2. The molecule has 0 aromatic heterocycles. The Kier molecular flexibility index (Phi) is 7.81. The molecule has 7 rings (SSSR count). The molecule has 1 fully saturated rings. The van der Waals surface area contributed by atoms with Crippen LogP contribution in [0.5, 0.6) is 5.75 Å². The highest BCUT2D eigenvalue weighted by Gasteiger charge is 2.40. The topological polar surface area (TPSA) is 79.0 Å². The van der Waals surface area contributed by atoms with Crippen LogP contribution in [0.4, 0.5) is 16.2 Å². The Bertz CT molecular complexity index is 1860. The molecule has 46 heavy (non-hydrogen) atoms. The van der Waals surface area contributed by atoms with Crippen molar-refractivity contribution < 1.29 is 19.1 Å². The van der Waals surface area contributed by atoms with Crippen LogP contribution in [0, 0.1) is 12.3 Å². The first-order valence-electron chi connectivity index (χ1n) is 15.2. The van der Waals surface area contributed by atoms with E-state index in [2.05, 4.69) is 40.4 Å². The second-order valence-electron chi connectivity index (χ2n) is 11.6. The van der Waals surface area contributed by atoms with E-state index in [0.29, 0.717) is 17.0 Å². The number of ether oxygens (including phenoxy) is 1. The molecule has 3 heterocycles. The second-order valence-corrected chi connectivity index (χ2v) is 12.0. The number of carbonyl (C=O) groups is 3. The van der Waals surface area contributed by atoms with Crippen LogP contribution < -0.4 is 19.9 Å². The predicted molar refractivity (Wildman–Crippen MR) is 179 cm³/mol. The van der Waals surface area contributed by atoms with Gasteiger partial charge < -0.3 is 9.64 Å². The molecule has 1 saturated heterocycles. The Hall–Kier alpha value is -5.32. The molecular formula is C38H30ClN3O4. The number of halogens is 1. The number of urea groups is 1. The largest absolute Gasteiger partial charge is 0.479 e. The minimum atomic E-state index is -0.786. The van der Waals surface area contributed by atoms with Crippen LogP contribution in [0.1, 0.15) is 52.5 Å². The number of nitrogens with zero attached hydrogens (tertiary/aromatic N) is 2. The zero-order chi connectivity index (χ0) is 31.8. The van der Waals surface area contributed by atoms with E-state index < -0.39 is 17.8 Å². The lowest BCUT2D eigenvalue weighted by Gasteiger charge is -2.44. The Labute approximate surface area is 272 Å². The molecule has 4 aromatic rings. The molecule has 3 aliphatic rings. The highest BCUT2D eigenvalue weighted by Crippen LogP contribution is 2.50. The monoisotopic (exact) mass is 627 g/mol. The third kappa shape index (κ3) is 5.31.